The number of rotatable bonds is 5. The summed E-state index contributed by atoms with van der Waals surface area (Å²) in [6.07, 6.45) is 2.99. The van der Waals surface area contributed by atoms with Crippen LogP contribution in [0.4, 0.5) is 0 Å². The summed E-state index contributed by atoms with van der Waals surface area (Å²) in [6, 6.07) is 2.20. The van der Waals surface area contributed by atoms with E-state index in [9.17, 15) is 0 Å². The summed E-state index contributed by atoms with van der Waals surface area (Å²) in [5.74, 6) is 0. The number of nitriles is 1. The van der Waals surface area contributed by atoms with Crippen molar-refractivity contribution in [1.82, 2.24) is 5.48 Å². The van der Waals surface area contributed by atoms with Crippen molar-refractivity contribution in [3.63, 3.8) is 0 Å². The molecule has 3 nitrogen and oxygen atoms in total. The molecule has 0 amide bonds. The smallest absolute Gasteiger partial charge is 0.0653 e. The van der Waals surface area contributed by atoms with Gasteiger partial charge < -0.3 is 4.84 Å². The molecule has 0 aliphatic heterocycles. The van der Waals surface area contributed by atoms with E-state index < -0.39 is 0 Å². The summed E-state index contributed by atoms with van der Waals surface area (Å²) in [5, 5.41) is 8.48. The Morgan fingerprint density at radius 1 is 1.64 bits per heavy atom. The zero-order valence-electron chi connectivity index (χ0n) is 6.89. The zero-order chi connectivity index (χ0) is 8.16. The van der Waals surface area contributed by atoms with E-state index in [1.807, 2.05) is 6.92 Å². The lowest BCUT2D eigenvalue weighted by Crippen LogP contribution is -2.23. The summed E-state index contributed by atoms with van der Waals surface area (Å²) in [5.41, 5.74) is 3.13. The molecule has 1 aliphatic carbocycles. The lowest BCUT2D eigenvalue weighted by atomic mass is 10.0. The Morgan fingerprint density at radius 3 is 2.82 bits per heavy atom. The molecule has 1 rings (SSSR count). The zero-order valence-corrected chi connectivity index (χ0v) is 6.89. The Balaban J connectivity index is 2.10. The van der Waals surface area contributed by atoms with E-state index in [1.165, 1.54) is 12.8 Å². The molecule has 0 spiro atoms. The van der Waals surface area contributed by atoms with Crippen molar-refractivity contribution in [3.05, 3.63) is 0 Å². The maximum absolute atomic E-state index is 8.48. The van der Waals surface area contributed by atoms with Crippen molar-refractivity contribution in [2.45, 2.75) is 26.2 Å². The van der Waals surface area contributed by atoms with Crippen molar-refractivity contribution in [2.24, 2.45) is 5.41 Å². The fourth-order valence-corrected chi connectivity index (χ4v) is 1.07. The molecule has 0 unspecified atom stereocenters. The fraction of sp³-hybridized carbons (Fsp3) is 0.875. The molecular weight excluding hydrogens is 140 g/mol. The van der Waals surface area contributed by atoms with Gasteiger partial charge in [-0.05, 0) is 25.2 Å². The standard InChI is InChI=1S/C8H14N2O/c1-2-11-10-7-8(3-4-8)5-6-9/h10H,2-5,7H2,1H3. The fourth-order valence-electron chi connectivity index (χ4n) is 1.07. The number of nitrogens with one attached hydrogen (secondary N) is 1. The van der Waals surface area contributed by atoms with E-state index in [2.05, 4.69) is 11.5 Å². The van der Waals surface area contributed by atoms with E-state index in [0.29, 0.717) is 13.0 Å². The number of hydrogen-bond donors (Lipinski definition) is 1. The highest BCUT2D eigenvalue weighted by molar-refractivity contribution is 4.99. The Hall–Kier alpha value is -0.590. The third-order valence-corrected chi connectivity index (χ3v) is 2.10. The van der Waals surface area contributed by atoms with Gasteiger partial charge >= 0.3 is 0 Å². The van der Waals surface area contributed by atoms with Crippen molar-refractivity contribution < 1.29 is 4.84 Å². The number of hydroxylamine groups is 1. The second-order valence-corrected chi connectivity index (χ2v) is 3.09. The molecular formula is C8H14N2O. The first kappa shape index (κ1) is 8.51. The first-order chi connectivity index (χ1) is 5.33. The topological polar surface area (TPSA) is 45.0 Å². The predicted molar refractivity (Wildman–Crippen MR) is 41.5 cm³/mol. The summed E-state index contributed by atoms with van der Waals surface area (Å²) < 4.78 is 0. The van der Waals surface area contributed by atoms with Gasteiger partial charge in [-0.3, -0.25) is 0 Å². The van der Waals surface area contributed by atoms with Crippen LogP contribution in [-0.2, 0) is 4.84 Å². The van der Waals surface area contributed by atoms with Crippen LogP contribution in [-0.4, -0.2) is 13.2 Å². The summed E-state index contributed by atoms with van der Waals surface area (Å²) in [6.45, 7) is 3.45. The average molecular weight is 154 g/mol. The molecule has 0 heterocycles. The van der Waals surface area contributed by atoms with Gasteiger partial charge in [0.2, 0.25) is 0 Å². The molecule has 1 fully saturated rings. The third kappa shape index (κ3) is 2.49. The monoisotopic (exact) mass is 154 g/mol. The van der Waals surface area contributed by atoms with Crippen LogP contribution in [0.25, 0.3) is 0 Å². The van der Waals surface area contributed by atoms with Gasteiger partial charge in [-0.25, -0.2) is 5.48 Å². The Kier molecular flexibility index (Phi) is 2.86. The van der Waals surface area contributed by atoms with Crippen LogP contribution in [0.3, 0.4) is 0 Å². The minimum absolute atomic E-state index is 0.254. The maximum Gasteiger partial charge on any atom is 0.0653 e. The molecule has 11 heavy (non-hydrogen) atoms. The van der Waals surface area contributed by atoms with Crippen molar-refractivity contribution in [3.8, 4) is 6.07 Å². The van der Waals surface area contributed by atoms with Gasteiger partial charge in [0.1, 0.15) is 0 Å². The van der Waals surface area contributed by atoms with Crippen molar-refractivity contribution in [1.29, 1.82) is 5.26 Å². The lowest BCUT2D eigenvalue weighted by molar-refractivity contribution is 0.0390. The molecule has 0 saturated heterocycles. The van der Waals surface area contributed by atoms with Gasteiger partial charge in [0, 0.05) is 13.0 Å². The normalized spacial score (nSPS) is 19.3. The van der Waals surface area contributed by atoms with E-state index in [0.717, 1.165) is 6.54 Å². The molecule has 0 aromatic heterocycles. The predicted octanol–water partition coefficient (Wildman–Crippen LogP) is 1.22. The van der Waals surface area contributed by atoms with E-state index >= 15 is 0 Å². The Bertz CT molecular complexity index is 158. The number of nitrogens with zero attached hydrogens (tertiary/aromatic N) is 1. The quantitative estimate of drug-likeness (QED) is 0.478. The molecule has 0 radical (unpaired) electrons. The molecule has 0 aromatic rings. The van der Waals surface area contributed by atoms with Gasteiger partial charge in [0.25, 0.3) is 0 Å². The molecule has 3 heteroatoms. The molecule has 1 aliphatic rings. The van der Waals surface area contributed by atoms with Crippen molar-refractivity contribution in [2.75, 3.05) is 13.2 Å². The van der Waals surface area contributed by atoms with Gasteiger partial charge in [-0.2, -0.15) is 5.26 Å². The summed E-state index contributed by atoms with van der Waals surface area (Å²) in [4.78, 5) is 5.00. The van der Waals surface area contributed by atoms with E-state index in [-0.39, 0.29) is 5.41 Å². The number of hydrogen-bond acceptors (Lipinski definition) is 3. The first-order valence-electron chi connectivity index (χ1n) is 4.04. The Morgan fingerprint density at radius 2 is 2.36 bits per heavy atom. The van der Waals surface area contributed by atoms with Gasteiger partial charge in [-0.1, -0.05) is 0 Å². The van der Waals surface area contributed by atoms with E-state index in [1.54, 1.807) is 0 Å². The lowest BCUT2D eigenvalue weighted by Gasteiger charge is -2.10. The third-order valence-electron chi connectivity index (χ3n) is 2.10. The highest BCUT2D eigenvalue weighted by Gasteiger charge is 2.42. The molecule has 0 atom stereocenters. The van der Waals surface area contributed by atoms with Gasteiger partial charge in [0.15, 0.2) is 0 Å². The molecule has 0 aromatic carbocycles. The second kappa shape index (κ2) is 3.70. The van der Waals surface area contributed by atoms with Crippen LogP contribution in [0.2, 0.25) is 0 Å². The Labute approximate surface area is 67.3 Å². The SMILES string of the molecule is CCONCC1(CC#N)CC1. The summed E-state index contributed by atoms with van der Waals surface area (Å²) >= 11 is 0. The molecule has 62 valence electrons. The minimum Gasteiger partial charge on any atom is -0.302 e. The van der Waals surface area contributed by atoms with Crippen LogP contribution in [0, 0.1) is 16.7 Å². The van der Waals surface area contributed by atoms with Crippen LogP contribution in [0.15, 0.2) is 0 Å². The van der Waals surface area contributed by atoms with Gasteiger partial charge in [-0.15, -0.1) is 0 Å². The second-order valence-electron chi connectivity index (χ2n) is 3.09. The maximum atomic E-state index is 8.48. The molecule has 0 bridgehead atoms. The van der Waals surface area contributed by atoms with Crippen LogP contribution >= 0.6 is 0 Å². The summed E-state index contributed by atoms with van der Waals surface area (Å²) in [7, 11) is 0. The van der Waals surface area contributed by atoms with Gasteiger partial charge in [0.05, 0.1) is 12.7 Å². The largest absolute Gasteiger partial charge is 0.302 e. The van der Waals surface area contributed by atoms with E-state index in [4.69, 9.17) is 10.1 Å². The molecule has 1 saturated carbocycles. The highest BCUT2D eigenvalue weighted by atomic mass is 16.6. The average Bonchev–Trinajstić information content (AvgIpc) is 2.71. The van der Waals surface area contributed by atoms with Crippen LogP contribution in [0.5, 0.6) is 0 Å². The molecule has 1 N–H and O–H groups in total. The van der Waals surface area contributed by atoms with Crippen molar-refractivity contribution >= 4 is 0 Å². The van der Waals surface area contributed by atoms with Crippen LogP contribution in [0.1, 0.15) is 26.2 Å². The van der Waals surface area contributed by atoms with Crippen LogP contribution < -0.4 is 5.48 Å². The minimum atomic E-state index is 0.254. The first-order valence-corrected chi connectivity index (χ1v) is 4.04. The highest BCUT2D eigenvalue weighted by Crippen LogP contribution is 2.47.